The summed E-state index contributed by atoms with van der Waals surface area (Å²) in [5, 5.41) is 0. The van der Waals surface area contributed by atoms with E-state index in [2.05, 4.69) is 54.2 Å². The van der Waals surface area contributed by atoms with Crippen LogP contribution in [0.2, 0.25) is 0 Å². The molecule has 0 aliphatic carbocycles. The van der Waals surface area contributed by atoms with E-state index in [9.17, 15) is 4.79 Å². The zero-order chi connectivity index (χ0) is 18.5. The molecule has 1 unspecified atom stereocenters. The van der Waals surface area contributed by atoms with E-state index in [0.29, 0.717) is 0 Å². The lowest BCUT2D eigenvalue weighted by atomic mass is 9.99. The van der Waals surface area contributed by atoms with Crippen molar-refractivity contribution in [2.24, 2.45) is 5.92 Å². The maximum atomic E-state index is 13.1. The van der Waals surface area contributed by atoms with Crippen molar-refractivity contribution < 1.29 is 4.79 Å². The van der Waals surface area contributed by atoms with Gasteiger partial charge in [-0.25, -0.2) is 0 Å². The van der Waals surface area contributed by atoms with Crippen LogP contribution in [-0.2, 0) is 11.2 Å². The van der Waals surface area contributed by atoms with Crippen molar-refractivity contribution in [2.75, 3.05) is 50.1 Å². The molecule has 4 heteroatoms. The van der Waals surface area contributed by atoms with E-state index in [1.165, 1.54) is 11.3 Å². The highest BCUT2D eigenvalue weighted by Crippen LogP contribution is 2.33. The van der Waals surface area contributed by atoms with E-state index in [1.54, 1.807) is 0 Å². The summed E-state index contributed by atoms with van der Waals surface area (Å²) in [6.45, 7) is 5.66. The lowest BCUT2D eigenvalue weighted by molar-refractivity contribution is -0.121. The van der Waals surface area contributed by atoms with Gasteiger partial charge in [0, 0.05) is 32.1 Å². The summed E-state index contributed by atoms with van der Waals surface area (Å²) < 4.78 is 0. The highest BCUT2D eigenvalue weighted by Gasteiger charge is 2.29. The highest BCUT2D eigenvalue weighted by molar-refractivity contribution is 5.99. The Labute approximate surface area is 157 Å². The summed E-state index contributed by atoms with van der Waals surface area (Å²) in [6, 6.07) is 18.6. The Morgan fingerprint density at radius 1 is 1.00 bits per heavy atom. The number of rotatable bonds is 6. The molecule has 3 rings (SSSR count). The molecule has 0 bridgehead atoms. The lowest BCUT2D eigenvalue weighted by Crippen LogP contribution is -2.47. The number of benzene rings is 2. The van der Waals surface area contributed by atoms with Gasteiger partial charge in [-0.3, -0.25) is 4.79 Å². The van der Waals surface area contributed by atoms with Gasteiger partial charge in [-0.15, -0.1) is 0 Å². The molecule has 0 saturated heterocycles. The monoisotopic (exact) mass is 351 g/mol. The van der Waals surface area contributed by atoms with Crippen LogP contribution in [0.25, 0.3) is 0 Å². The third kappa shape index (κ3) is 4.25. The van der Waals surface area contributed by atoms with Crippen LogP contribution in [0, 0.1) is 5.92 Å². The first-order valence-electron chi connectivity index (χ1n) is 9.40. The molecule has 0 aromatic heterocycles. The number of carbonyl (C=O) groups is 1. The van der Waals surface area contributed by atoms with Crippen LogP contribution in [0.4, 0.5) is 11.4 Å². The van der Waals surface area contributed by atoms with Crippen molar-refractivity contribution in [2.45, 2.75) is 13.3 Å². The van der Waals surface area contributed by atoms with E-state index >= 15 is 0 Å². The number of likely N-dealkylation sites (N-methyl/N-ethyl adjacent to an activating group) is 1. The van der Waals surface area contributed by atoms with Crippen LogP contribution < -0.4 is 9.80 Å². The van der Waals surface area contributed by atoms with Crippen LogP contribution >= 0.6 is 0 Å². The maximum Gasteiger partial charge on any atom is 0.230 e. The number of amides is 1. The number of nitrogens with zero attached hydrogens (tertiary/aromatic N) is 3. The van der Waals surface area contributed by atoms with Crippen molar-refractivity contribution in [3.8, 4) is 0 Å². The van der Waals surface area contributed by atoms with Gasteiger partial charge in [0.2, 0.25) is 5.91 Å². The molecule has 2 aromatic carbocycles. The van der Waals surface area contributed by atoms with E-state index in [1.807, 2.05) is 36.1 Å². The van der Waals surface area contributed by atoms with Crippen molar-refractivity contribution in [1.82, 2.24) is 4.90 Å². The topological polar surface area (TPSA) is 26.8 Å². The van der Waals surface area contributed by atoms with Crippen LogP contribution in [-0.4, -0.2) is 51.1 Å². The first-order valence-corrected chi connectivity index (χ1v) is 9.40. The number of fused-ring (bicyclic) bond motifs is 1. The number of hydrogen-bond acceptors (Lipinski definition) is 3. The Hall–Kier alpha value is -2.33. The van der Waals surface area contributed by atoms with Crippen molar-refractivity contribution in [3.05, 3.63) is 60.2 Å². The normalized spacial score (nSPS) is 15.1. The second-order valence-corrected chi connectivity index (χ2v) is 7.36. The maximum absolute atomic E-state index is 13.1. The van der Waals surface area contributed by atoms with E-state index < -0.39 is 0 Å². The third-order valence-electron chi connectivity index (χ3n) is 5.00. The van der Waals surface area contributed by atoms with Gasteiger partial charge in [0.25, 0.3) is 0 Å². The predicted octanol–water partition coefficient (Wildman–Crippen LogP) is 3.28. The van der Waals surface area contributed by atoms with Crippen LogP contribution in [0.3, 0.4) is 0 Å². The quantitative estimate of drug-likeness (QED) is 0.799. The first-order chi connectivity index (χ1) is 12.6. The molecule has 1 amide bonds. The summed E-state index contributed by atoms with van der Waals surface area (Å²) in [6.07, 6.45) is 0.780. The van der Waals surface area contributed by atoms with Crippen molar-refractivity contribution >= 4 is 17.3 Å². The van der Waals surface area contributed by atoms with Gasteiger partial charge >= 0.3 is 0 Å². The molecular weight excluding hydrogens is 322 g/mol. The summed E-state index contributed by atoms with van der Waals surface area (Å²) >= 11 is 0. The van der Waals surface area contributed by atoms with E-state index in [4.69, 9.17) is 0 Å². The minimum absolute atomic E-state index is 0.0289. The minimum atomic E-state index is -0.0289. The largest absolute Gasteiger partial charge is 0.367 e. The molecule has 0 spiro atoms. The van der Waals surface area contributed by atoms with Gasteiger partial charge in [0.1, 0.15) is 0 Å². The first kappa shape index (κ1) is 18.5. The molecule has 1 atom stereocenters. The van der Waals surface area contributed by atoms with Crippen LogP contribution in [0.5, 0.6) is 0 Å². The van der Waals surface area contributed by atoms with Crippen LogP contribution in [0.1, 0.15) is 12.5 Å². The third-order valence-corrected chi connectivity index (χ3v) is 5.00. The SMILES string of the molecule is CC(Cc1ccccc1)C(=O)N1CCN(CCN(C)C)c2ccccc21. The minimum Gasteiger partial charge on any atom is -0.367 e. The smallest absolute Gasteiger partial charge is 0.230 e. The molecule has 1 aliphatic heterocycles. The second kappa shape index (κ2) is 8.37. The van der Waals surface area contributed by atoms with Gasteiger partial charge in [-0.05, 0) is 38.2 Å². The molecule has 26 heavy (non-hydrogen) atoms. The average molecular weight is 351 g/mol. The summed E-state index contributed by atoms with van der Waals surface area (Å²) in [5.74, 6) is 0.187. The summed E-state index contributed by atoms with van der Waals surface area (Å²) in [7, 11) is 4.19. The predicted molar refractivity (Wildman–Crippen MR) is 109 cm³/mol. The van der Waals surface area contributed by atoms with Crippen molar-refractivity contribution in [3.63, 3.8) is 0 Å². The fourth-order valence-electron chi connectivity index (χ4n) is 3.52. The number of carbonyl (C=O) groups excluding carboxylic acids is 1. The average Bonchev–Trinajstić information content (AvgIpc) is 2.66. The zero-order valence-electron chi connectivity index (χ0n) is 16.1. The van der Waals surface area contributed by atoms with Gasteiger partial charge in [-0.2, -0.15) is 0 Å². The highest BCUT2D eigenvalue weighted by atomic mass is 16.2. The number of hydrogen-bond donors (Lipinski definition) is 0. The number of para-hydroxylation sites is 2. The molecule has 0 fully saturated rings. The Balaban J connectivity index is 1.75. The van der Waals surface area contributed by atoms with Gasteiger partial charge in [0.05, 0.1) is 11.4 Å². The Morgan fingerprint density at radius 2 is 1.65 bits per heavy atom. The lowest BCUT2D eigenvalue weighted by Gasteiger charge is -2.39. The van der Waals surface area contributed by atoms with E-state index in [-0.39, 0.29) is 11.8 Å². The van der Waals surface area contributed by atoms with Crippen molar-refractivity contribution in [1.29, 1.82) is 0 Å². The summed E-state index contributed by atoms with van der Waals surface area (Å²) in [4.78, 5) is 19.7. The zero-order valence-corrected chi connectivity index (χ0v) is 16.1. The molecule has 0 radical (unpaired) electrons. The fourth-order valence-corrected chi connectivity index (χ4v) is 3.52. The molecule has 0 N–H and O–H groups in total. The van der Waals surface area contributed by atoms with E-state index in [0.717, 1.165) is 38.3 Å². The van der Waals surface area contributed by atoms with Gasteiger partial charge in [-0.1, -0.05) is 49.4 Å². The van der Waals surface area contributed by atoms with Crippen LogP contribution in [0.15, 0.2) is 54.6 Å². The molecule has 138 valence electrons. The molecule has 1 aliphatic rings. The fraction of sp³-hybridized carbons (Fsp3) is 0.409. The molecular formula is C22H29N3O. The Morgan fingerprint density at radius 3 is 2.35 bits per heavy atom. The Kier molecular flexibility index (Phi) is 5.94. The molecule has 4 nitrogen and oxygen atoms in total. The molecule has 0 saturated carbocycles. The standard InChI is InChI=1S/C22H29N3O/c1-18(17-19-9-5-4-6-10-19)22(26)25-16-15-24(14-13-23(2)3)20-11-7-8-12-21(20)25/h4-12,18H,13-17H2,1-3H3. The van der Waals surface area contributed by atoms with Gasteiger partial charge < -0.3 is 14.7 Å². The number of anilines is 2. The summed E-state index contributed by atoms with van der Waals surface area (Å²) in [5.41, 5.74) is 3.43. The molecule has 1 heterocycles. The van der Waals surface area contributed by atoms with Gasteiger partial charge in [0.15, 0.2) is 0 Å². The Bertz CT molecular complexity index is 729. The molecule has 2 aromatic rings. The second-order valence-electron chi connectivity index (χ2n) is 7.36.